The third kappa shape index (κ3) is 3.47. The van der Waals surface area contributed by atoms with E-state index in [1.807, 2.05) is 13.8 Å². The van der Waals surface area contributed by atoms with Crippen LogP contribution in [-0.2, 0) is 0 Å². The molecule has 0 saturated carbocycles. The molecule has 0 aromatic carbocycles. The molecule has 112 valence electrons. The normalized spacial score (nSPS) is 17.9. The van der Waals surface area contributed by atoms with Gasteiger partial charge in [0.2, 0.25) is 17.8 Å². The highest BCUT2D eigenvalue weighted by atomic mass is 16.3. The zero-order valence-corrected chi connectivity index (χ0v) is 12.4. The molecule has 0 radical (unpaired) electrons. The standard InChI is InChI=1S/C13H24N6O/c1-9(20)13(2,3)18-11-15-10(14)16-12(17-11)19-7-5-4-6-8-19/h9,20H,4-8H2,1-3H3,(H3,14,15,16,17,18). The average molecular weight is 280 g/mol. The molecule has 0 aliphatic carbocycles. The topological polar surface area (TPSA) is 100 Å². The van der Waals surface area contributed by atoms with E-state index in [1.165, 1.54) is 6.42 Å². The molecule has 4 N–H and O–H groups in total. The maximum absolute atomic E-state index is 9.75. The second kappa shape index (κ2) is 5.78. The molecule has 1 saturated heterocycles. The van der Waals surface area contributed by atoms with Gasteiger partial charge in [0.05, 0.1) is 11.6 Å². The van der Waals surface area contributed by atoms with E-state index in [4.69, 9.17) is 5.73 Å². The summed E-state index contributed by atoms with van der Waals surface area (Å²) >= 11 is 0. The van der Waals surface area contributed by atoms with Crippen LogP contribution in [0.25, 0.3) is 0 Å². The highest BCUT2D eigenvalue weighted by Crippen LogP contribution is 2.20. The Labute approximate surface area is 119 Å². The summed E-state index contributed by atoms with van der Waals surface area (Å²) in [6, 6.07) is 0. The number of nitrogens with two attached hydrogens (primary N) is 1. The lowest BCUT2D eigenvalue weighted by Crippen LogP contribution is -2.42. The number of piperidine rings is 1. The van der Waals surface area contributed by atoms with E-state index in [1.54, 1.807) is 6.92 Å². The van der Waals surface area contributed by atoms with Gasteiger partial charge in [0.1, 0.15) is 0 Å². The highest BCUT2D eigenvalue weighted by Gasteiger charge is 2.25. The number of anilines is 3. The summed E-state index contributed by atoms with van der Waals surface area (Å²) in [4.78, 5) is 14.9. The first-order valence-corrected chi connectivity index (χ1v) is 7.11. The van der Waals surface area contributed by atoms with Crippen molar-refractivity contribution in [1.82, 2.24) is 15.0 Å². The van der Waals surface area contributed by atoms with E-state index >= 15 is 0 Å². The van der Waals surface area contributed by atoms with Crippen LogP contribution in [0.4, 0.5) is 17.8 Å². The third-order valence-electron chi connectivity index (χ3n) is 3.76. The largest absolute Gasteiger partial charge is 0.391 e. The minimum Gasteiger partial charge on any atom is -0.391 e. The molecule has 0 amide bonds. The van der Waals surface area contributed by atoms with E-state index in [0.29, 0.717) is 11.9 Å². The number of aliphatic hydroxyl groups is 1. The predicted octanol–water partition coefficient (Wildman–Crippen LogP) is 1.02. The monoisotopic (exact) mass is 280 g/mol. The molecule has 1 aliphatic heterocycles. The van der Waals surface area contributed by atoms with Crippen molar-refractivity contribution in [3.8, 4) is 0 Å². The van der Waals surface area contributed by atoms with Gasteiger partial charge in [0.15, 0.2) is 0 Å². The van der Waals surface area contributed by atoms with Crippen LogP contribution in [0.2, 0.25) is 0 Å². The molecular formula is C13H24N6O. The zero-order chi connectivity index (χ0) is 14.8. The van der Waals surface area contributed by atoms with Gasteiger partial charge in [-0.3, -0.25) is 0 Å². The van der Waals surface area contributed by atoms with Crippen molar-refractivity contribution in [3.63, 3.8) is 0 Å². The van der Waals surface area contributed by atoms with Crippen LogP contribution in [0, 0.1) is 0 Å². The van der Waals surface area contributed by atoms with E-state index in [9.17, 15) is 5.11 Å². The minimum atomic E-state index is -0.543. The summed E-state index contributed by atoms with van der Waals surface area (Å²) in [5, 5.41) is 12.9. The third-order valence-corrected chi connectivity index (χ3v) is 3.76. The van der Waals surface area contributed by atoms with Gasteiger partial charge in [0.25, 0.3) is 0 Å². The molecule has 7 heteroatoms. The number of nitrogens with zero attached hydrogens (tertiary/aromatic N) is 4. The Morgan fingerprint density at radius 2 is 1.85 bits per heavy atom. The lowest BCUT2D eigenvalue weighted by Gasteiger charge is -2.30. The van der Waals surface area contributed by atoms with Crippen LogP contribution in [-0.4, -0.2) is 44.8 Å². The molecule has 2 heterocycles. The smallest absolute Gasteiger partial charge is 0.231 e. The summed E-state index contributed by atoms with van der Waals surface area (Å²) in [7, 11) is 0. The molecule has 1 aromatic heterocycles. The van der Waals surface area contributed by atoms with Crippen molar-refractivity contribution in [2.45, 2.75) is 51.7 Å². The first kappa shape index (κ1) is 14.8. The maximum atomic E-state index is 9.75. The van der Waals surface area contributed by atoms with Gasteiger partial charge in [-0.25, -0.2) is 0 Å². The van der Waals surface area contributed by atoms with Gasteiger partial charge in [-0.15, -0.1) is 0 Å². The molecule has 1 fully saturated rings. The van der Waals surface area contributed by atoms with Crippen molar-refractivity contribution in [1.29, 1.82) is 0 Å². The van der Waals surface area contributed by atoms with E-state index < -0.39 is 11.6 Å². The fourth-order valence-electron chi connectivity index (χ4n) is 2.06. The molecule has 0 bridgehead atoms. The Balaban J connectivity index is 2.20. The Morgan fingerprint density at radius 3 is 2.45 bits per heavy atom. The summed E-state index contributed by atoms with van der Waals surface area (Å²) < 4.78 is 0. The molecule has 0 spiro atoms. The Bertz CT molecular complexity index is 456. The van der Waals surface area contributed by atoms with E-state index in [2.05, 4.69) is 25.2 Å². The minimum absolute atomic E-state index is 0.199. The fraction of sp³-hybridized carbons (Fsp3) is 0.769. The molecule has 1 aromatic rings. The number of aromatic nitrogens is 3. The average Bonchev–Trinajstić information content (AvgIpc) is 2.38. The van der Waals surface area contributed by atoms with Crippen LogP contribution >= 0.6 is 0 Å². The van der Waals surface area contributed by atoms with Crippen molar-refractivity contribution in [2.24, 2.45) is 0 Å². The Morgan fingerprint density at radius 1 is 1.20 bits per heavy atom. The molecule has 1 atom stereocenters. The van der Waals surface area contributed by atoms with E-state index in [-0.39, 0.29) is 5.95 Å². The summed E-state index contributed by atoms with van der Waals surface area (Å²) in [6.45, 7) is 7.39. The summed E-state index contributed by atoms with van der Waals surface area (Å²) in [5.41, 5.74) is 5.23. The molecule has 1 aliphatic rings. The zero-order valence-electron chi connectivity index (χ0n) is 12.4. The number of hydrogen-bond acceptors (Lipinski definition) is 7. The van der Waals surface area contributed by atoms with Crippen molar-refractivity contribution in [3.05, 3.63) is 0 Å². The van der Waals surface area contributed by atoms with Crippen LogP contribution in [0.15, 0.2) is 0 Å². The second-order valence-corrected chi connectivity index (χ2v) is 5.89. The fourth-order valence-corrected chi connectivity index (χ4v) is 2.06. The van der Waals surface area contributed by atoms with Crippen LogP contribution < -0.4 is 16.0 Å². The van der Waals surface area contributed by atoms with Gasteiger partial charge in [-0.05, 0) is 40.0 Å². The lowest BCUT2D eigenvalue weighted by molar-refractivity contribution is 0.132. The highest BCUT2D eigenvalue weighted by molar-refractivity contribution is 5.43. The number of nitrogen functional groups attached to an aromatic ring is 1. The van der Waals surface area contributed by atoms with Crippen molar-refractivity contribution < 1.29 is 5.11 Å². The van der Waals surface area contributed by atoms with Crippen LogP contribution in [0.5, 0.6) is 0 Å². The number of rotatable bonds is 4. The Kier molecular flexibility index (Phi) is 4.27. The summed E-state index contributed by atoms with van der Waals surface area (Å²) in [5.74, 6) is 1.22. The molecule has 2 rings (SSSR count). The summed E-state index contributed by atoms with van der Waals surface area (Å²) in [6.07, 6.45) is 3.00. The lowest BCUT2D eigenvalue weighted by atomic mass is 9.99. The second-order valence-electron chi connectivity index (χ2n) is 5.89. The van der Waals surface area contributed by atoms with Crippen LogP contribution in [0.3, 0.4) is 0 Å². The first-order valence-electron chi connectivity index (χ1n) is 7.11. The first-order chi connectivity index (χ1) is 9.38. The molecule has 20 heavy (non-hydrogen) atoms. The SMILES string of the molecule is CC(O)C(C)(C)Nc1nc(N)nc(N2CCCCC2)n1. The maximum Gasteiger partial charge on any atom is 0.231 e. The van der Waals surface area contributed by atoms with Gasteiger partial charge in [-0.2, -0.15) is 15.0 Å². The predicted molar refractivity (Wildman–Crippen MR) is 79.7 cm³/mol. The molecule has 7 nitrogen and oxygen atoms in total. The number of nitrogens with one attached hydrogen (secondary N) is 1. The van der Waals surface area contributed by atoms with Gasteiger partial charge >= 0.3 is 0 Å². The van der Waals surface area contributed by atoms with Crippen molar-refractivity contribution in [2.75, 3.05) is 29.0 Å². The number of hydrogen-bond donors (Lipinski definition) is 3. The molecule has 1 unspecified atom stereocenters. The van der Waals surface area contributed by atoms with E-state index in [0.717, 1.165) is 25.9 Å². The van der Waals surface area contributed by atoms with Crippen molar-refractivity contribution >= 4 is 17.8 Å². The van der Waals surface area contributed by atoms with Gasteiger partial charge in [-0.1, -0.05) is 0 Å². The Hall–Kier alpha value is -1.63. The van der Waals surface area contributed by atoms with Crippen LogP contribution in [0.1, 0.15) is 40.0 Å². The number of aliphatic hydroxyl groups excluding tert-OH is 1. The molecular weight excluding hydrogens is 256 g/mol. The van der Waals surface area contributed by atoms with Gasteiger partial charge < -0.3 is 21.1 Å². The quantitative estimate of drug-likeness (QED) is 0.757. The van der Waals surface area contributed by atoms with Gasteiger partial charge in [0, 0.05) is 13.1 Å².